The highest BCUT2D eigenvalue weighted by Crippen LogP contribution is 2.32. The van der Waals surface area contributed by atoms with Crippen molar-refractivity contribution in [3.63, 3.8) is 0 Å². The molecule has 0 aliphatic carbocycles. The second-order valence-electron chi connectivity index (χ2n) is 3.06. The van der Waals surface area contributed by atoms with E-state index in [0.717, 1.165) is 12.1 Å². The van der Waals surface area contributed by atoms with E-state index in [4.69, 9.17) is 10.8 Å². The third kappa shape index (κ3) is 2.85. The van der Waals surface area contributed by atoms with Gasteiger partial charge in [-0.2, -0.15) is 13.2 Å². The van der Waals surface area contributed by atoms with Crippen LogP contribution in [0.5, 0.6) is 0 Å². The van der Waals surface area contributed by atoms with Gasteiger partial charge < -0.3 is 10.8 Å². The quantitative estimate of drug-likeness (QED) is 0.810. The van der Waals surface area contributed by atoms with Crippen molar-refractivity contribution in [1.82, 2.24) is 0 Å². The summed E-state index contributed by atoms with van der Waals surface area (Å²) in [5.41, 5.74) is 4.12. The third-order valence-electron chi connectivity index (χ3n) is 1.93. The number of halogens is 4. The Hall–Kier alpha value is -0.830. The molecule has 1 aromatic rings. The van der Waals surface area contributed by atoms with Gasteiger partial charge >= 0.3 is 12.1 Å². The number of hydrogen-bond donors (Lipinski definition) is 2. The van der Waals surface area contributed by atoms with Gasteiger partial charge in [-0.05, 0) is 40.3 Å². The van der Waals surface area contributed by atoms with Crippen LogP contribution in [-0.4, -0.2) is 17.3 Å². The zero-order valence-corrected chi connectivity index (χ0v) is 9.91. The van der Waals surface area contributed by atoms with Gasteiger partial charge in [-0.3, -0.25) is 0 Å². The van der Waals surface area contributed by atoms with Crippen molar-refractivity contribution in [3.8, 4) is 0 Å². The Balaban J connectivity index is 3.28. The highest BCUT2D eigenvalue weighted by Gasteiger charge is 2.39. The van der Waals surface area contributed by atoms with E-state index in [1.807, 2.05) is 22.6 Å². The molecule has 0 bridgehead atoms. The first-order valence-corrected chi connectivity index (χ1v) is 5.16. The van der Waals surface area contributed by atoms with Crippen LogP contribution in [0.1, 0.15) is 22.0 Å². The van der Waals surface area contributed by atoms with E-state index in [1.165, 1.54) is 6.07 Å². The molecule has 16 heavy (non-hydrogen) atoms. The molecule has 0 spiro atoms. The fourth-order valence-corrected chi connectivity index (χ4v) is 1.65. The zero-order chi connectivity index (χ0) is 12.5. The van der Waals surface area contributed by atoms with Gasteiger partial charge in [0, 0.05) is 3.57 Å². The van der Waals surface area contributed by atoms with Gasteiger partial charge in [-0.25, -0.2) is 4.79 Å². The number of carbonyl (C=O) groups is 1. The molecule has 0 aliphatic rings. The van der Waals surface area contributed by atoms with Crippen molar-refractivity contribution in [2.45, 2.75) is 12.2 Å². The minimum absolute atomic E-state index is 0.420. The number of carboxylic acid groups (broad SMARTS) is 1. The Labute approximate surface area is 103 Å². The van der Waals surface area contributed by atoms with Crippen LogP contribution in [-0.2, 0) is 0 Å². The van der Waals surface area contributed by atoms with Crippen LogP contribution in [0.15, 0.2) is 18.2 Å². The maximum absolute atomic E-state index is 12.4. The van der Waals surface area contributed by atoms with Gasteiger partial charge in [0.05, 0.1) is 5.56 Å². The average molecular weight is 345 g/mol. The van der Waals surface area contributed by atoms with E-state index in [9.17, 15) is 18.0 Å². The van der Waals surface area contributed by atoms with Crippen LogP contribution in [0, 0.1) is 3.57 Å². The van der Waals surface area contributed by atoms with E-state index in [0.29, 0.717) is 3.57 Å². The second-order valence-corrected chi connectivity index (χ2v) is 4.30. The third-order valence-corrected chi connectivity index (χ3v) is 2.60. The first kappa shape index (κ1) is 13.2. The van der Waals surface area contributed by atoms with E-state index in [1.54, 1.807) is 0 Å². The van der Waals surface area contributed by atoms with Gasteiger partial charge in [0.15, 0.2) is 0 Å². The molecule has 3 nitrogen and oxygen atoms in total. The summed E-state index contributed by atoms with van der Waals surface area (Å²) in [6.07, 6.45) is -4.66. The number of nitrogens with two attached hydrogens (primary N) is 1. The minimum Gasteiger partial charge on any atom is -0.478 e. The smallest absolute Gasteiger partial charge is 0.407 e. The van der Waals surface area contributed by atoms with Crippen LogP contribution in [0.3, 0.4) is 0 Å². The monoisotopic (exact) mass is 345 g/mol. The lowest BCUT2D eigenvalue weighted by Gasteiger charge is -2.17. The SMILES string of the molecule is N[C@H](c1ccc(I)cc1C(=O)O)C(F)(F)F. The van der Waals surface area contributed by atoms with E-state index < -0.39 is 29.3 Å². The number of hydrogen-bond acceptors (Lipinski definition) is 2. The summed E-state index contributed by atoms with van der Waals surface area (Å²) in [4.78, 5) is 10.8. The van der Waals surface area contributed by atoms with Crippen LogP contribution in [0.4, 0.5) is 13.2 Å². The van der Waals surface area contributed by atoms with Crippen LogP contribution < -0.4 is 5.73 Å². The van der Waals surface area contributed by atoms with Gasteiger partial charge in [0.2, 0.25) is 0 Å². The largest absolute Gasteiger partial charge is 0.478 e. The molecule has 1 aromatic carbocycles. The molecule has 88 valence electrons. The Morgan fingerprint density at radius 2 is 2.00 bits per heavy atom. The lowest BCUT2D eigenvalue weighted by atomic mass is 10.0. The summed E-state index contributed by atoms with van der Waals surface area (Å²) in [5.74, 6) is -1.42. The number of aromatic carboxylic acids is 1. The summed E-state index contributed by atoms with van der Waals surface area (Å²) in [5, 5.41) is 8.78. The summed E-state index contributed by atoms with van der Waals surface area (Å²) in [6.45, 7) is 0. The summed E-state index contributed by atoms with van der Waals surface area (Å²) in [6, 6.07) is 1.34. The van der Waals surface area contributed by atoms with Crippen molar-refractivity contribution < 1.29 is 23.1 Å². The van der Waals surface area contributed by atoms with Gasteiger partial charge in [-0.15, -0.1) is 0 Å². The maximum Gasteiger partial charge on any atom is 0.407 e. The molecule has 3 N–H and O–H groups in total. The molecular weight excluding hydrogens is 338 g/mol. The lowest BCUT2D eigenvalue weighted by molar-refractivity contribution is -0.149. The maximum atomic E-state index is 12.4. The van der Waals surface area contributed by atoms with Gasteiger partial charge in [0.25, 0.3) is 0 Å². The molecule has 1 atom stereocenters. The number of benzene rings is 1. The van der Waals surface area contributed by atoms with Crippen LogP contribution in [0.25, 0.3) is 0 Å². The van der Waals surface area contributed by atoms with E-state index in [2.05, 4.69) is 0 Å². The van der Waals surface area contributed by atoms with Crippen molar-refractivity contribution >= 4 is 28.6 Å². The lowest BCUT2D eigenvalue weighted by Crippen LogP contribution is -2.30. The fraction of sp³-hybridized carbons (Fsp3) is 0.222. The van der Waals surface area contributed by atoms with Crippen molar-refractivity contribution in [2.24, 2.45) is 5.73 Å². The van der Waals surface area contributed by atoms with Gasteiger partial charge in [0.1, 0.15) is 6.04 Å². The van der Waals surface area contributed by atoms with Gasteiger partial charge in [-0.1, -0.05) is 6.07 Å². The Kier molecular flexibility index (Phi) is 3.79. The molecule has 0 radical (unpaired) electrons. The number of alkyl halides is 3. The molecule has 0 saturated carbocycles. The summed E-state index contributed by atoms with van der Waals surface area (Å²) >= 11 is 1.81. The number of rotatable bonds is 2. The first-order valence-electron chi connectivity index (χ1n) is 4.08. The predicted molar refractivity (Wildman–Crippen MR) is 59.1 cm³/mol. The standard InChI is InChI=1S/C9H7F3INO2/c10-9(11,12)7(14)5-2-1-4(13)3-6(5)8(15)16/h1-3,7H,14H2,(H,15,16)/t7-/m1/s1. The van der Waals surface area contributed by atoms with Crippen LogP contribution >= 0.6 is 22.6 Å². The van der Waals surface area contributed by atoms with E-state index >= 15 is 0 Å². The molecule has 0 amide bonds. The molecular formula is C9H7F3INO2. The highest BCUT2D eigenvalue weighted by molar-refractivity contribution is 14.1. The molecule has 0 fully saturated rings. The zero-order valence-electron chi connectivity index (χ0n) is 7.75. The molecule has 0 unspecified atom stereocenters. The van der Waals surface area contributed by atoms with Crippen molar-refractivity contribution in [2.75, 3.05) is 0 Å². The second kappa shape index (κ2) is 4.58. The normalized spacial score (nSPS) is 13.6. The molecule has 0 heterocycles. The topological polar surface area (TPSA) is 63.3 Å². The summed E-state index contributed by atoms with van der Waals surface area (Å²) in [7, 11) is 0. The molecule has 7 heteroatoms. The fourth-order valence-electron chi connectivity index (χ4n) is 1.16. The molecule has 0 saturated heterocycles. The van der Waals surface area contributed by atoms with Crippen LogP contribution in [0.2, 0.25) is 0 Å². The molecule has 0 aromatic heterocycles. The minimum atomic E-state index is -4.66. The first-order chi connectivity index (χ1) is 7.23. The van der Waals surface area contributed by atoms with Crippen molar-refractivity contribution in [3.05, 3.63) is 32.9 Å². The van der Waals surface area contributed by atoms with Crippen molar-refractivity contribution in [1.29, 1.82) is 0 Å². The summed E-state index contributed by atoms with van der Waals surface area (Å²) < 4.78 is 37.6. The van der Waals surface area contributed by atoms with E-state index in [-0.39, 0.29) is 0 Å². The Morgan fingerprint density at radius 3 is 2.44 bits per heavy atom. The number of carboxylic acids is 1. The Morgan fingerprint density at radius 1 is 1.44 bits per heavy atom. The highest BCUT2D eigenvalue weighted by atomic mass is 127. The average Bonchev–Trinajstić information content (AvgIpc) is 2.15. The Bertz CT molecular complexity index is 420. The molecule has 0 aliphatic heterocycles. The predicted octanol–water partition coefficient (Wildman–Crippen LogP) is 2.55. The molecule has 1 rings (SSSR count).